The van der Waals surface area contributed by atoms with Crippen LogP contribution in [0.2, 0.25) is 0 Å². The van der Waals surface area contributed by atoms with Crippen molar-refractivity contribution in [3.63, 3.8) is 0 Å². The van der Waals surface area contributed by atoms with Gasteiger partial charge in [0.15, 0.2) is 5.78 Å². The molecule has 0 spiro atoms. The van der Waals surface area contributed by atoms with Crippen LogP contribution >= 0.6 is 0 Å². The van der Waals surface area contributed by atoms with Gasteiger partial charge >= 0.3 is 0 Å². The fourth-order valence-electron chi connectivity index (χ4n) is 4.11. The summed E-state index contributed by atoms with van der Waals surface area (Å²) in [5, 5.41) is 21.1. The molecule has 294 valence electrons. The summed E-state index contributed by atoms with van der Waals surface area (Å²) in [5.74, 6) is -1.62. The van der Waals surface area contributed by atoms with Crippen LogP contribution in [0.3, 0.4) is 0 Å². The quantitative estimate of drug-likeness (QED) is 0.129. The van der Waals surface area contributed by atoms with Crippen molar-refractivity contribution in [1.29, 1.82) is 10.5 Å². The van der Waals surface area contributed by atoms with E-state index in [0.717, 1.165) is 12.5 Å². The first-order chi connectivity index (χ1) is 25.0. The van der Waals surface area contributed by atoms with Gasteiger partial charge in [0.25, 0.3) is 0 Å². The number of Topliss-reactive ketones (excluding diaryl/α,β-unsaturated/α-hetero) is 1. The summed E-state index contributed by atoms with van der Waals surface area (Å²) in [4.78, 5) is 12.2. The fraction of sp³-hybridized carbons (Fsp3) is 0.262. The second-order valence-corrected chi connectivity index (χ2v) is 22.3. The third-order valence-electron chi connectivity index (χ3n) is 8.73. The molecule has 0 unspecified atom stereocenters. The van der Waals surface area contributed by atoms with Crippen molar-refractivity contribution < 1.29 is 40.2 Å². The summed E-state index contributed by atoms with van der Waals surface area (Å²) in [5.41, 5.74) is 1.51. The molecular weight excluding hydrogens is 747 g/mol. The highest BCUT2D eigenvalue weighted by Gasteiger charge is 2.39. The van der Waals surface area contributed by atoms with Crippen LogP contribution in [0.1, 0.15) is 70.0 Å². The number of benzene rings is 5. The lowest BCUT2D eigenvalue weighted by Gasteiger charge is -2.38. The molecule has 0 fully saturated rings. The Morgan fingerprint density at radius 3 is 1.25 bits per heavy atom. The molecule has 0 amide bonds. The molecule has 5 aromatic rings. The topological polar surface area (TPSA) is 180 Å². The molecule has 9 nitrogen and oxygen atoms in total. The number of halogens is 2. The average Bonchev–Trinajstić information content (AvgIpc) is 3.06. The number of ketones is 1. The van der Waals surface area contributed by atoms with Crippen LogP contribution in [0.25, 0.3) is 33.0 Å². The van der Waals surface area contributed by atoms with E-state index >= 15 is 0 Å². The van der Waals surface area contributed by atoms with Gasteiger partial charge in [-0.3, -0.25) is 4.79 Å². The molecule has 4 N–H and O–H groups in total. The molecule has 0 radical (unpaired) electrons. The fourth-order valence-corrected chi connectivity index (χ4v) is 4.11. The first-order valence-electron chi connectivity index (χ1n) is 16.7. The van der Waals surface area contributed by atoms with Crippen LogP contribution in [0.4, 0.5) is 8.78 Å². The van der Waals surface area contributed by atoms with E-state index < -0.39 is 40.4 Å². The van der Waals surface area contributed by atoms with E-state index in [0.29, 0.717) is 22.3 Å². The number of rotatable bonds is 3. The van der Waals surface area contributed by atoms with E-state index in [1.807, 2.05) is 12.1 Å². The van der Waals surface area contributed by atoms with Crippen molar-refractivity contribution >= 4 is 35.8 Å². The lowest BCUT2D eigenvalue weighted by molar-refractivity contribution is 0.101. The minimum absolute atomic E-state index is 0.122. The highest BCUT2D eigenvalue weighted by Crippen LogP contribution is 2.34. The second kappa shape index (κ2) is 16.8. The number of nitrogens with zero attached hydrogens (tertiary/aromatic N) is 2. The average molecular weight is 795 g/mol. The van der Waals surface area contributed by atoms with Gasteiger partial charge in [-0.15, -0.1) is 0 Å². The number of nitriles is 2. The Morgan fingerprint density at radius 2 is 0.927 bits per heavy atom. The Morgan fingerprint density at radius 1 is 0.582 bits per heavy atom. The first kappa shape index (κ1) is 46.2. The van der Waals surface area contributed by atoms with Crippen LogP contribution in [0.5, 0.6) is 0 Å². The Labute approximate surface area is 321 Å². The summed E-state index contributed by atoms with van der Waals surface area (Å²) in [6.07, 6.45) is 1.91. The number of hydrogen-bond acceptors (Lipinski definition) is 5. The SMILES string of the molecule is CC(=O)c1cc(-c2cccc(F)c2C#N)ccc1-c1cccc(F)c1C#N.CC(C)(C)S(C)(=O)(O)O.CC(C)(C)S(C)(=O)(O)O.c1ccc2ccccc2c1. The van der Waals surface area contributed by atoms with E-state index in [9.17, 15) is 32.5 Å². The van der Waals surface area contributed by atoms with E-state index in [2.05, 4.69) is 48.5 Å². The van der Waals surface area contributed by atoms with Crippen molar-refractivity contribution in [2.24, 2.45) is 0 Å². The molecule has 0 saturated carbocycles. The maximum Gasteiger partial charge on any atom is 0.160 e. The monoisotopic (exact) mass is 794 g/mol. The molecule has 0 heterocycles. The Hall–Kier alpha value is -4.99. The predicted octanol–water partition coefficient (Wildman–Crippen LogP) is 10.4. The third kappa shape index (κ3) is 12.3. The van der Waals surface area contributed by atoms with Crippen LogP contribution in [-0.4, -0.2) is 54.4 Å². The van der Waals surface area contributed by atoms with E-state index in [-0.39, 0.29) is 22.5 Å². The van der Waals surface area contributed by atoms with E-state index in [4.69, 9.17) is 18.2 Å². The van der Waals surface area contributed by atoms with Gasteiger partial charge in [-0.2, -0.15) is 10.5 Å². The van der Waals surface area contributed by atoms with Gasteiger partial charge in [0.05, 0.1) is 39.9 Å². The molecule has 5 aromatic carbocycles. The maximum absolute atomic E-state index is 14.0. The van der Waals surface area contributed by atoms with Gasteiger partial charge in [-0.1, -0.05) is 84.9 Å². The lowest BCUT2D eigenvalue weighted by Crippen LogP contribution is -2.48. The van der Waals surface area contributed by atoms with Crippen molar-refractivity contribution in [2.75, 3.05) is 12.5 Å². The molecule has 0 bridgehead atoms. The minimum Gasteiger partial charge on any atom is -0.307 e. The van der Waals surface area contributed by atoms with E-state index in [1.54, 1.807) is 24.3 Å². The molecule has 13 heteroatoms. The smallest absolute Gasteiger partial charge is 0.160 e. The Balaban J connectivity index is 0.000000304. The van der Waals surface area contributed by atoms with Gasteiger partial charge < -0.3 is 18.2 Å². The Bertz CT molecular complexity index is 2290. The van der Waals surface area contributed by atoms with Crippen LogP contribution in [-0.2, 0) is 19.3 Å². The molecule has 0 aliphatic carbocycles. The van der Waals surface area contributed by atoms with Crippen molar-refractivity contribution in [1.82, 2.24) is 0 Å². The summed E-state index contributed by atoms with van der Waals surface area (Å²) in [6, 6.07) is 33.5. The van der Waals surface area contributed by atoms with Gasteiger partial charge in [0, 0.05) is 29.2 Å². The summed E-state index contributed by atoms with van der Waals surface area (Å²) < 4.78 is 83.5. The zero-order valence-corrected chi connectivity index (χ0v) is 33.9. The standard InChI is InChI=1S/C22H12F2N2O.C10H8.2C5H14O3S/c1-13(27)18-10-14(15-4-2-6-21(23)19(15)11-25)8-9-17(18)16-5-3-7-22(24)20(16)12-26;1-2-6-10-8-4-3-7-9(10)5-1;2*1-5(2,3)9(4,6,7)8/h2-10H,1H3;1-8H;2*1-4H3,(H2,6,7,8). The van der Waals surface area contributed by atoms with Crippen molar-refractivity contribution in [3.05, 3.63) is 131 Å². The van der Waals surface area contributed by atoms with E-state index in [1.165, 1.54) is 89.6 Å². The molecule has 0 aliphatic rings. The molecule has 55 heavy (non-hydrogen) atoms. The normalized spacial score (nSPS) is 12.9. The minimum atomic E-state index is -4.33. The predicted molar refractivity (Wildman–Crippen MR) is 219 cm³/mol. The van der Waals surface area contributed by atoms with Crippen LogP contribution < -0.4 is 0 Å². The lowest BCUT2D eigenvalue weighted by atomic mass is 9.90. The second-order valence-electron chi connectivity index (χ2n) is 14.9. The third-order valence-corrected chi connectivity index (χ3v) is 14.4. The van der Waals surface area contributed by atoms with Gasteiger partial charge in [-0.25, -0.2) is 17.2 Å². The van der Waals surface area contributed by atoms with Crippen LogP contribution in [0.15, 0.2) is 103 Å². The summed E-state index contributed by atoms with van der Waals surface area (Å²) >= 11 is 0. The highest BCUT2D eigenvalue weighted by molar-refractivity contribution is 8.11. The zero-order chi connectivity index (χ0) is 42.3. The molecule has 0 aliphatic heterocycles. The maximum atomic E-state index is 14.0. The number of carbonyl (C=O) groups excluding carboxylic acids is 1. The molecular formula is C42H48F2N2O7S2. The van der Waals surface area contributed by atoms with Gasteiger partial charge in [-0.05, 0) is 88.6 Å². The summed E-state index contributed by atoms with van der Waals surface area (Å²) in [6.45, 7) is 10.4. The molecule has 0 saturated heterocycles. The molecule has 0 atom stereocenters. The molecule has 0 aromatic heterocycles. The van der Waals surface area contributed by atoms with Gasteiger partial charge in [0.1, 0.15) is 23.8 Å². The van der Waals surface area contributed by atoms with Gasteiger partial charge in [0.2, 0.25) is 0 Å². The Kier molecular flexibility index (Phi) is 14.1. The summed E-state index contributed by atoms with van der Waals surface area (Å²) in [7, 11) is -8.67. The number of fused-ring (bicyclic) bond motifs is 1. The molecule has 5 rings (SSSR count). The largest absolute Gasteiger partial charge is 0.307 e. The van der Waals surface area contributed by atoms with Crippen molar-refractivity contribution in [3.8, 4) is 34.4 Å². The number of hydrogen-bond donors (Lipinski definition) is 4. The number of carbonyl (C=O) groups is 1. The first-order valence-corrected chi connectivity index (χ1v) is 21.3. The zero-order valence-electron chi connectivity index (χ0n) is 32.3. The van der Waals surface area contributed by atoms with Crippen molar-refractivity contribution in [2.45, 2.75) is 58.0 Å². The highest BCUT2D eigenvalue weighted by atomic mass is 32.3. The van der Waals surface area contributed by atoms with Crippen LogP contribution in [0, 0.1) is 34.3 Å².